The van der Waals surface area contributed by atoms with Gasteiger partial charge in [0.1, 0.15) is 11.5 Å². The fraction of sp³-hybridized carbons (Fsp3) is 0.758. The number of hydrogen-bond donors (Lipinski definition) is 1. The van der Waals surface area contributed by atoms with E-state index in [1.807, 2.05) is 6.08 Å². The summed E-state index contributed by atoms with van der Waals surface area (Å²) < 4.78 is 5.41. The Labute approximate surface area is 233 Å². The normalized spacial score (nSPS) is 46.5. The van der Waals surface area contributed by atoms with Crippen LogP contribution >= 0.6 is 0 Å². The molecule has 0 aromatic heterocycles. The molecule has 212 valence electrons. The van der Waals surface area contributed by atoms with Gasteiger partial charge < -0.3 is 9.84 Å². The molecule has 5 aliphatic carbocycles. The number of ketones is 2. The molecule has 3 saturated carbocycles. The third-order valence-corrected chi connectivity index (χ3v) is 13.1. The average Bonchev–Trinajstić information content (AvgIpc) is 2.86. The van der Waals surface area contributed by atoms with Gasteiger partial charge in [0.2, 0.25) is 5.70 Å². The molecule has 0 amide bonds. The second-order valence-corrected chi connectivity index (χ2v) is 15.2. The lowest BCUT2D eigenvalue weighted by molar-refractivity contribution is -0.192. The van der Waals surface area contributed by atoms with Crippen LogP contribution in [0, 0.1) is 56.8 Å². The van der Waals surface area contributed by atoms with E-state index in [1.165, 1.54) is 14.0 Å². The van der Waals surface area contributed by atoms with E-state index >= 15 is 0 Å². The zero-order valence-electron chi connectivity index (χ0n) is 25.0. The third kappa shape index (κ3) is 3.28. The summed E-state index contributed by atoms with van der Waals surface area (Å²) in [5.41, 5.74) is -1.78. The van der Waals surface area contributed by atoms with Crippen molar-refractivity contribution in [3.05, 3.63) is 34.5 Å². The Balaban J connectivity index is 1.70. The van der Waals surface area contributed by atoms with Crippen molar-refractivity contribution in [2.45, 2.75) is 99.8 Å². The minimum atomic E-state index is -1.16. The molecular weight excluding hydrogens is 490 g/mol. The van der Waals surface area contributed by atoms with Crippen molar-refractivity contribution in [3.63, 3.8) is 0 Å². The highest BCUT2D eigenvalue weighted by atomic mass is 16.5. The number of ether oxygens (including phenoxy) is 1. The van der Waals surface area contributed by atoms with Gasteiger partial charge in [-0.1, -0.05) is 40.2 Å². The van der Waals surface area contributed by atoms with Crippen LogP contribution in [0.1, 0.15) is 99.8 Å². The first-order chi connectivity index (χ1) is 18.0. The highest BCUT2D eigenvalue weighted by Crippen LogP contribution is 2.75. The Kier molecular flexibility index (Phi) is 5.99. The van der Waals surface area contributed by atoms with Crippen molar-refractivity contribution >= 4 is 17.5 Å². The quantitative estimate of drug-likeness (QED) is 0.304. The number of carbonyl (C=O) groups excluding carboxylic acids is 3. The lowest BCUT2D eigenvalue weighted by Crippen LogP contribution is -2.66. The summed E-state index contributed by atoms with van der Waals surface area (Å²) in [4.78, 5) is 44.7. The molecule has 3 fully saturated rings. The molecule has 1 N–H and O–H groups in total. The SMILES string of the molecule is [C-]#[N+]C1=C(O)[C@](C)(C(C)=O)[C@@H]2CC[C@]3(C)C(=CC(=O)[C@@H]4[C@@H]5CC(C)(C)CC[C@]5(C(=O)OC)CC[C@]43C)[C@@]2(C)C1. The molecule has 0 saturated heterocycles. The minimum absolute atomic E-state index is 0.0365. The number of Topliss-reactive ketones (excluding diaryl/α,β-unsaturated/α-hetero) is 1. The molecule has 0 aliphatic heterocycles. The Hall–Kier alpha value is -2.42. The summed E-state index contributed by atoms with van der Waals surface area (Å²) in [6.07, 6.45) is 7.68. The van der Waals surface area contributed by atoms with E-state index in [0.29, 0.717) is 12.8 Å². The molecule has 5 rings (SSSR count). The zero-order valence-corrected chi connectivity index (χ0v) is 25.0. The summed E-state index contributed by atoms with van der Waals surface area (Å²) in [7, 11) is 1.47. The zero-order chi connectivity index (χ0) is 29.0. The Morgan fingerprint density at radius 1 is 1.05 bits per heavy atom. The van der Waals surface area contributed by atoms with Gasteiger partial charge in [-0.2, -0.15) is 0 Å². The maximum absolute atomic E-state index is 14.5. The highest BCUT2D eigenvalue weighted by molar-refractivity contribution is 5.96. The van der Waals surface area contributed by atoms with Crippen molar-refractivity contribution in [1.82, 2.24) is 0 Å². The first-order valence-corrected chi connectivity index (χ1v) is 14.6. The molecule has 0 aromatic carbocycles. The standard InChI is InChI=1S/C33H45NO5/c1-19(35)32(7)23-10-11-30(5)24(29(23,4)18-21(34-8)26(32)37)16-22(36)25-20-17-28(2,3)12-14-33(20,27(38)39-9)15-13-31(25,30)6/h16,20,23,25,37H,10-15,17-18H2,1-7,9H3/t20-,23+,25-,29-,30+,31+,32+,33-/m0/s1. The monoisotopic (exact) mass is 535 g/mol. The molecule has 0 bridgehead atoms. The lowest BCUT2D eigenvalue weighted by Gasteiger charge is -2.69. The van der Waals surface area contributed by atoms with Crippen LogP contribution in [-0.2, 0) is 19.1 Å². The molecule has 8 atom stereocenters. The van der Waals surface area contributed by atoms with Crippen LogP contribution in [-0.4, -0.2) is 29.8 Å². The molecule has 6 nitrogen and oxygen atoms in total. The van der Waals surface area contributed by atoms with Gasteiger partial charge in [-0.15, -0.1) is 0 Å². The van der Waals surface area contributed by atoms with Gasteiger partial charge in [0.05, 0.1) is 24.5 Å². The number of aliphatic hydroxyl groups is 1. The van der Waals surface area contributed by atoms with Gasteiger partial charge >= 0.3 is 5.97 Å². The molecule has 0 unspecified atom stereocenters. The Bertz CT molecular complexity index is 1270. The van der Waals surface area contributed by atoms with Crippen LogP contribution in [0.3, 0.4) is 0 Å². The number of hydrogen-bond acceptors (Lipinski definition) is 5. The Morgan fingerprint density at radius 3 is 2.28 bits per heavy atom. The van der Waals surface area contributed by atoms with E-state index in [-0.39, 0.29) is 63.0 Å². The van der Waals surface area contributed by atoms with Gasteiger partial charge in [-0.25, -0.2) is 4.85 Å². The van der Waals surface area contributed by atoms with E-state index in [0.717, 1.165) is 44.1 Å². The smallest absolute Gasteiger partial charge is 0.312 e. The predicted molar refractivity (Wildman–Crippen MR) is 148 cm³/mol. The molecule has 0 radical (unpaired) electrons. The van der Waals surface area contributed by atoms with E-state index in [2.05, 4.69) is 39.5 Å². The van der Waals surface area contributed by atoms with Crippen molar-refractivity contribution in [1.29, 1.82) is 0 Å². The predicted octanol–water partition coefficient (Wildman–Crippen LogP) is 7.01. The number of allylic oxidation sites excluding steroid dienone is 4. The minimum Gasteiger partial charge on any atom is -0.523 e. The van der Waals surface area contributed by atoms with Crippen molar-refractivity contribution in [2.75, 3.05) is 7.11 Å². The van der Waals surface area contributed by atoms with Gasteiger partial charge in [0.15, 0.2) is 5.78 Å². The van der Waals surface area contributed by atoms with Gasteiger partial charge in [-0.05, 0) is 105 Å². The third-order valence-electron chi connectivity index (χ3n) is 13.1. The Morgan fingerprint density at radius 2 is 1.69 bits per heavy atom. The fourth-order valence-corrected chi connectivity index (χ4v) is 10.6. The number of methoxy groups -OCH3 is 1. The number of fused-ring (bicyclic) bond motifs is 7. The molecule has 6 heteroatoms. The number of rotatable bonds is 2. The molecule has 5 aliphatic rings. The maximum atomic E-state index is 14.5. The van der Waals surface area contributed by atoms with Gasteiger partial charge in [0, 0.05) is 5.92 Å². The number of esters is 1. The largest absolute Gasteiger partial charge is 0.523 e. The van der Waals surface area contributed by atoms with Crippen LogP contribution < -0.4 is 0 Å². The molecule has 39 heavy (non-hydrogen) atoms. The number of carbonyl (C=O) groups is 3. The van der Waals surface area contributed by atoms with E-state index < -0.39 is 16.2 Å². The van der Waals surface area contributed by atoms with Crippen LogP contribution in [0.4, 0.5) is 0 Å². The first kappa shape index (κ1) is 28.1. The number of aliphatic hydroxyl groups excluding tert-OH is 1. The molecule has 0 heterocycles. The topological polar surface area (TPSA) is 85.0 Å². The summed E-state index contributed by atoms with van der Waals surface area (Å²) in [6.45, 7) is 22.3. The maximum Gasteiger partial charge on any atom is 0.312 e. The van der Waals surface area contributed by atoms with Crippen LogP contribution in [0.25, 0.3) is 4.85 Å². The highest BCUT2D eigenvalue weighted by Gasteiger charge is 2.71. The number of nitrogens with zero attached hydrogens (tertiary/aromatic N) is 1. The lowest BCUT2D eigenvalue weighted by atomic mass is 9.34. The average molecular weight is 536 g/mol. The molecule has 0 spiro atoms. The first-order valence-electron chi connectivity index (χ1n) is 14.6. The van der Waals surface area contributed by atoms with E-state index in [9.17, 15) is 19.5 Å². The van der Waals surface area contributed by atoms with E-state index in [4.69, 9.17) is 11.3 Å². The second kappa shape index (κ2) is 8.30. The summed E-state index contributed by atoms with van der Waals surface area (Å²) in [5.74, 6) is -0.894. The summed E-state index contributed by atoms with van der Waals surface area (Å²) >= 11 is 0. The van der Waals surface area contributed by atoms with Crippen LogP contribution in [0.2, 0.25) is 0 Å². The van der Waals surface area contributed by atoms with Crippen LogP contribution in [0.15, 0.2) is 23.1 Å². The van der Waals surface area contributed by atoms with Gasteiger partial charge in [0.25, 0.3) is 0 Å². The second-order valence-electron chi connectivity index (χ2n) is 15.2. The van der Waals surface area contributed by atoms with Crippen LogP contribution in [0.5, 0.6) is 0 Å². The van der Waals surface area contributed by atoms with E-state index in [1.54, 1.807) is 6.92 Å². The van der Waals surface area contributed by atoms with Gasteiger partial charge in [-0.3, -0.25) is 14.4 Å². The van der Waals surface area contributed by atoms with Crippen molar-refractivity contribution in [3.8, 4) is 0 Å². The molecular formula is C33H45NO5. The summed E-state index contributed by atoms with van der Waals surface area (Å²) in [6, 6.07) is 0. The fourth-order valence-electron chi connectivity index (χ4n) is 10.6. The van der Waals surface area contributed by atoms with Crippen molar-refractivity contribution in [2.24, 2.45) is 50.2 Å². The van der Waals surface area contributed by atoms with Crippen molar-refractivity contribution < 1.29 is 24.2 Å². The summed E-state index contributed by atoms with van der Waals surface area (Å²) in [5, 5.41) is 11.2. The molecule has 0 aromatic rings.